The van der Waals surface area contributed by atoms with Gasteiger partial charge in [-0.15, -0.1) is 0 Å². The van der Waals surface area contributed by atoms with E-state index in [1.54, 1.807) is 12.0 Å². The zero-order valence-corrected chi connectivity index (χ0v) is 14.5. The first-order valence-corrected chi connectivity index (χ1v) is 8.66. The molecule has 3 rings (SSSR count). The van der Waals surface area contributed by atoms with Gasteiger partial charge in [-0.1, -0.05) is 42.5 Å². The molecule has 1 aliphatic heterocycles. The zero-order chi connectivity index (χ0) is 16.3. The van der Waals surface area contributed by atoms with E-state index in [4.69, 9.17) is 4.74 Å². The molecule has 2 aromatic rings. The van der Waals surface area contributed by atoms with Crippen LogP contribution in [0.4, 0.5) is 0 Å². The summed E-state index contributed by atoms with van der Waals surface area (Å²) in [7, 11) is 1.75. The third kappa shape index (κ3) is 3.28. The van der Waals surface area contributed by atoms with Gasteiger partial charge in [-0.2, -0.15) is 0 Å². The van der Waals surface area contributed by atoms with Crippen molar-refractivity contribution in [1.29, 1.82) is 0 Å². The molecule has 23 heavy (non-hydrogen) atoms. The van der Waals surface area contributed by atoms with Crippen molar-refractivity contribution in [2.75, 3.05) is 13.7 Å². The lowest BCUT2D eigenvalue weighted by atomic mass is 9.70. The van der Waals surface area contributed by atoms with E-state index in [9.17, 15) is 0 Å². The van der Waals surface area contributed by atoms with Crippen LogP contribution in [-0.4, -0.2) is 19.7 Å². The molecular formula is C21H28NO+. The molecule has 122 valence electrons. The standard InChI is InChI=1S/C21H27NO/c1-17-21(2,19-11-7-12-20(15-19)23-3)13-8-14-22(17)16-18-9-5-4-6-10-18/h4-7,9-12,15,17H,8,13-14,16H2,1-3H3/p+1/t17-,21+/m1/s1. The Morgan fingerprint density at radius 2 is 1.91 bits per heavy atom. The number of methoxy groups -OCH3 is 1. The molecule has 2 aromatic carbocycles. The molecule has 1 fully saturated rings. The highest BCUT2D eigenvalue weighted by molar-refractivity contribution is 5.34. The number of ether oxygens (including phenoxy) is 1. The van der Waals surface area contributed by atoms with Crippen molar-refractivity contribution in [3.8, 4) is 5.75 Å². The molecule has 2 nitrogen and oxygen atoms in total. The molecule has 1 heterocycles. The lowest BCUT2D eigenvalue weighted by Gasteiger charge is -2.44. The molecule has 0 amide bonds. The van der Waals surface area contributed by atoms with Crippen molar-refractivity contribution in [3.63, 3.8) is 0 Å². The van der Waals surface area contributed by atoms with E-state index < -0.39 is 0 Å². The van der Waals surface area contributed by atoms with Crippen LogP contribution >= 0.6 is 0 Å². The van der Waals surface area contributed by atoms with Gasteiger partial charge in [0.05, 0.1) is 19.7 Å². The highest BCUT2D eigenvalue weighted by atomic mass is 16.5. The Morgan fingerprint density at radius 1 is 1.13 bits per heavy atom. The number of quaternary nitrogens is 1. The molecular weight excluding hydrogens is 282 g/mol. The molecule has 0 bridgehead atoms. The Balaban J connectivity index is 1.84. The number of benzene rings is 2. The van der Waals surface area contributed by atoms with Gasteiger partial charge in [0.15, 0.2) is 0 Å². The summed E-state index contributed by atoms with van der Waals surface area (Å²) >= 11 is 0. The maximum Gasteiger partial charge on any atom is 0.119 e. The van der Waals surface area contributed by atoms with Crippen LogP contribution in [0.5, 0.6) is 5.75 Å². The van der Waals surface area contributed by atoms with Gasteiger partial charge in [-0.05, 0) is 44.4 Å². The van der Waals surface area contributed by atoms with E-state index in [1.165, 1.54) is 30.5 Å². The van der Waals surface area contributed by atoms with Gasteiger partial charge < -0.3 is 9.64 Å². The van der Waals surface area contributed by atoms with Gasteiger partial charge in [0.2, 0.25) is 0 Å². The first-order chi connectivity index (χ1) is 11.1. The van der Waals surface area contributed by atoms with Crippen LogP contribution in [0.1, 0.15) is 37.8 Å². The Kier molecular flexibility index (Phi) is 4.72. The Hall–Kier alpha value is -1.80. The summed E-state index contributed by atoms with van der Waals surface area (Å²) in [5.74, 6) is 0.964. The third-order valence-electron chi connectivity index (χ3n) is 5.77. The number of piperidine rings is 1. The van der Waals surface area contributed by atoms with Crippen molar-refractivity contribution in [1.82, 2.24) is 0 Å². The van der Waals surface area contributed by atoms with Crippen LogP contribution in [-0.2, 0) is 12.0 Å². The van der Waals surface area contributed by atoms with E-state index >= 15 is 0 Å². The fourth-order valence-electron chi connectivity index (χ4n) is 4.04. The predicted molar refractivity (Wildman–Crippen MR) is 95.0 cm³/mol. The summed E-state index contributed by atoms with van der Waals surface area (Å²) in [5, 5.41) is 0. The molecule has 3 atom stereocenters. The first kappa shape index (κ1) is 16.1. The number of likely N-dealkylation sites (tertiary alicyclic amines) is 1. The summed E-state index contributed by atoms with van der Waals surface area (Å²) in [6.07, 6.45) is 2.53. The smallest absolute Gasteiger partial charge is 0.119 e. The van der Waals surface area contributed by atoms with Gasteiger partial charge in [0.25, 0.3) is 0 Å². The second kappa shape index (κ2) is 6.76. The van der Waals surface area contributed by atoms with Gasteiger partial charge >= 0.3 is 0 Å². The summed E-state index contributed by atoms with van der Waals surface area (Å²) in [5.41, 5.74) is 3.05. The van der Waals surface area contributed by atoms with Crippen LogP contribution in [0.2, 0.25) is 0 Å². The van der Waals surface area contributed by atoms with Crippen molar-refractivity contribution >= 4 is 0 Å². The highest BCUT2D eigenvalue weighted by Crippen LogP contribution is 2.35. The number of rotatable bonds is 4. The molecule has 0 spiro atoms. The zero-order valence-electron chi connectivity index (χ0n) is 14.5. The molecule has 0 saturated carbocycles. The maximum atomic E-state index is 5.44. The minimum Gasteiger partial charge on any atom is -0.497 e. The summed E-state index contributed by atoms with van der Waals surface area (Å²) < 4.78 is 5.44. The van der Waals surface area contributed by atoms with E-state index in [0.29, 0.717) is 6.04 Å². The summed E-state index contributed by atoms with van der Waals surface area (Å²) in [6.45, 7) is 7.21. The molecule has 0 aliphatic carbocycles. The number of hydrogen-bond acceptors (Lipinski definition) is 1. The van der Waals surface area contributed by atoms with E-state index in [2.05, 4.69) is 62.4 Å². The molecule has 1 N–H and O–H groups in total. The van der Waals surface area contributed by atoms with Crippen molar-refractivity contribution in [2.45, 2.75) is 44.7 Å². The Morgan fingerprint density at radius 3 is 2.65 bits per heavy atom. The Bertz CT molecular complexity index is 639. The number of hydrogen-bond donors (Lipinski definition) is 1. The summed E-state index contributed by atoms with van der Waals surface area (Å²) in [6, 6.07) is 20.1. The monoisotopic (exact) mass is 310 g/mol. The molecule has 1 aliphatic rings. The van der Waals surface area contributed by atoms with Gasteiger partial charge in [0, 0.05) is 11.0 Å². The lowest BCUT2D eigenvalue weighted by molar-refractivity contribution is -0.947. The maximum absolute atomic E-state index is 5.44. The van der Waals surface area contributed by atoms with Crippen molar-refractivity contribution in [2.24, 2.45) is 0 Å². The van der Waals surface area contributed by atoms with Gasteiger partial charge in [-0.3, -0.25) is 0 Å². The van der Waals surface area contributed by atoms with Crippen LogP contribution < -0.4 is 9.64 Å². The minimum atomic E-state index is 0.205. The quantitative estimate of drug-likeness (QED) is 0.915. The predicted octanol–water partition coefficient (Wildman–Crippen LogP) is 3.22. The molecule has 0 radical (unpaired) electrons. The minimum absolute atomic E-state index is 0.205. The second-order valence-corrected chi connectivity index (χ2v) is 7.05. The second-order valence-electron chi connectivity index (χ2n) is 7.05. The average Bonchev–Trinajstić information content (AvgIpc) is 2.60. The molecule has 0 aromatic heterocycles. The largest absolute Gasteiger partial charge is 0.497 e. The van der Waals surface area contributed by atoms with E-state index in [1.807, 2.05) is 6.07 Å². The lowest BCUT2D eigenvalue weighted by Crippen LogP contribution is -3.17. The highest BCUT2D eigenvalue weighted by Gasteiger charge is 2.42. The molecule has 1 unspecified atom stereocenters. The van der Waals surface area contributed by atoms with Crippen LogP contribution in [0.3, 0.4) is 0 Å². The summed E-state index contributed by atoms with van der Waals surface area (Å²) in [4.78, 5) is 1.69. The van der Waals surface area contributed by atoms with Crippen LogP contribution in [0.15, 0.2) is 54.6 Å². The fourth-order valence-corrected chi connectivity index (χ4v) is 4.04. The van der Waals surface area contributed by atoms with Gasteiger partial charge in [-0.25, -0.2) is 0 Å². The van der Waals surface area contributed by atoms with E-state index in [-0.39, 0.29) is 5.41 Å². The third-order valence-corrected chi connectivity index (χ3v) is 5.77. The fraction of sp³-hybridized carbons (Fsp3) is 0.429. The van der Waals surface area contributed by atoms with Crippen LogP contribution in [0, 0.1) is 0 Å². The average molecular weight is 310 g/mol. The molecule has 2 heteroatoms. The van der Waals surface area contributed by atoms with Gasteiger partial charge in [0.1, 0.15) is 12.3 Å². The normalized spacial score (nSPS) is 27.6. The Labute approximate surface area is 140 Å². The topological polar surface area (TPSA) is 13.7 Å². The van der Waals surface area contributed by atoms with E-state index in [0.717, 1.165) is 12.3 Å². The SMILES string of the molecule is COc1cccc([C@@]2(C)CCC[NH+](Cc3ccccc3)[C@@H]2C)c1. The van der Waals surface area contributed by atoms with Crippen molar-refractivity contribution in [3.05, 3.63) is 65.7 Å². The first-order valence-electron chi connectivity index (χ1n) is 8.66. The molecule has 1 saturated heterocycles. The van der Waals surface area contributed by atoms with Crippen LogP contribution in [0.25, 0.3) is 0 Å². The van der Waals surface area contributed by atoms with Crippen molar-refractivity contribution < 1.29 is 9.64 Å². The number of nitrogens with one attached hydrogen (secondary N) is 1.